The van der Waals surface area contributed by atoms with E-state index in [2.05, 4.69) is 123 Å². The lowest BCUT2D eigenvalue weighted by Gasteiger charge is -2.19. The molecule has 514 valence electrons. The van der Waals surface area contributed by atoms with Crippen molar-refractivity contribution in [1.82, 2.24) is 0 Å². The predicted molar refractivity (Wildman–Crippen MR) is 385 cm³/mol. The summed E-state index contributed by atoms with van der Waals surface area (Å²) < 4.78 is 33.2. The molecule has 0 heterocycles. The van der Waals surface area contributed by atoms with E-state index >= 15 is 0 Å². The van der Waals surface area contributed by atoms with E-state index in [1.54, 1.807) is 0 Å². The Kier molecular flexibility index (Phi) is 71.0. The maximum atomic E-state index is 12.8. The number of hydrogen-bond acceptors (Lipinski definition) is 8. The third-order valence-corrected chi connectivity index (χ3v) is 17.1. The zero-order valence-electron chi connectivity index (χ0n) is 57.9. The first-order chi connectivity index (χ1) is 43.8. The molecule has 0 fully saturated rings. The Hall–Kier alpha value is -3.33. The van der Waals surface area contributed by atoms with Gasteiger partial charge in [-0.2, -0.15) is 0 Å². The van der Waals surface area contributed by atoms with E-state index in [0.29, 0.717) is 6.42 Å². The van der Waals surface area contributed by atoms with Crippen LogP contribution >= 0.6 is 7.82 Å². The van der Waals surface area contributed by atoms with Crippen LogP contribution in [0, 0.1) is 0 Å². The van der Waals surface area contributed by atoms with Crippen LogP contribution in [0.5, 0.6) is 0 Å². The zero-order valence-corrected chi connectivity index (χ0v) is 58.8. The van der Waals surface area contributed by atoms with E-state index in [4.69, 9.17) is 24.3 Å². The average molecular weight is 1260 g/mol. The largest absolute Gasteiger partial charge is 0.472 e. The number of phosphoric acid groups is 1. The van der Waals surface area contributed by atoms with Crippen LogP contribution in [0.15, 0.2) is 109 Å². The van der Waals surface area contributed by atoms with E-state index in [9.17, 15) is 19.0 Å². The molecule has 0 saturated heterocycles. The van der Waals surface area contributed by atoms with Crippen molar-refractivity contribution in [2.24, 2.45) is 5.73 Å². The Bertz CT molecular complexity index is 1830. The van der Waals surface area contributed by atoms with Crippen LogP contribution in [0.25, 0.3) is 0 Å². The molecule has 10 heteroatoms. The van der Waals surface area contributed by atoms with E-state index in [1.807, 2.05) is 0 Å². The number of carbonyl (C=O) groups is 2. The normalized spacial score (nSPS) is 13.5. The molecule has 0 aromatic rings. The first-order valence-corrected chi connectivity index (χ1v) is 38.9. The standard InChI is InChI=1S/C79H140NO8P/c1-3-5-7-9-11-13-15-17-19-21-23-25-27-29-31-33-35-36-37-38-39-40-42-43-45-47-49-51-53-55-57-59-61-63-65-67-69-71-78(81)85-75-77(76-87-89(83,84)86-74-73-80)88-79(82)72-70-68-66-64-62-60-58-56-54-52-50-48-46-44-41-34-32-30-28-26-24-22-20-18-16-14-12-10-8-6-4-2/h6,8,12,14,18,20-21,23-24,26,30,32,41,44,48,50,54,56,77H,3-5,7,9-11,13,15-17,19,22,25,27-29,31,33-40,42-43,45-47,49,51-53,55,57-76,80H2,1-2H3,(H,83,84)/b8-6-,14-12-,20-18-,23-21-,26-24-,32-30-,44-41-,50-48-,56-54-. The van der Waals surface area contributed by atoms with Gasteiger partial charge in [0.2, 0.25) is 0 Å². The number of rotatable bonds is 70. The fraction of sp³-hybridized carbons (Fsp3) is 0.747. The lowest BCUT2D eigenvalue weighted by atomic mass is 10.0. The number of nitrogens with two attached hydrogens (primary N) is 1. The van der Waals surface area contributed by atoms with Crippen molar-refractivity contribution in [1.29, 1.82) is 0 Å². The van der Waals surface area contributed by atoms with Gasteiger partial charge in [0, 0.05) is 19.4 Å². The topological polar surface area (TPSA) is 134 Å². The first-order valence-electron chi connectivity index (χ1n) is 37.4. The number of hydrogen-bond donors (Lipinski definition) is 2. The summed E-state index contributed by atoms with van der Waals surface area (Å²) >= 11 is 0. The molecule has 0 spiro atoms. The molecule has 0 amide bonds. The summed E-state index contributed by atoms with van der Waals surface area (Å²) in [6, 6.07) is 0. The molecule has 0 aliphatic heterocycles. The summed E-state index contributed by atoms with van der Waals surface area (Å²) in [5.41, 5.74) is 5.41. The maximum Gasteiger partial charge on any atom is 0.472 e. The molecule has 0 aliphatic rings. The molecule has 2 atom stereocenters. The summed E-state index contributed by atoms with van der Waals surface area (Å²) in [4.78, 5) is 35.4. The minimum absolute atomic E-state index is 0.0468. The summed E-state index contributed by atoms with van der Waals surface area (Å²) in [6.45, 7) is 3.65. The highest BCUT2D eigenvalue weighted by molar-refractivity contribution is 7.47. The molecule has 0 aromatic carbocycles. The quantitative estimate of drug-likeness (QED) is 0.0264. The van der Waals surface area contributed by atoms with Crippen molar-refractivity contribution in [3.63, 3.8) is 0 Å². The second kappa shape index (κ2) is 73.7. The molecular weight excluding hydrogens is 1120 g/mol. The summed E-state index contributed by atoms with van der Waals surface area (Å²) in [7, 11) is -4.41. The second-order valence-corrected chi connectivity index (χ2v) is 26.2. The molecule has 0 aliphatic carbocycles. The highest BCUT2D eigenvalue weighted by Gasteiger charge is 2.26. The highest BCUT2D eigenvalue weighted by atomic mass is 31.2. The van der Waals surface area contributed by atoms with Crippen molar-refractivity contribution >= 4 is 19.8 Å². The Morgan fingerprint density at radius 3 is 0.933 bits per heavy atom. The molecule has 0 bridgehead atoms. The second-order valence-electron chi connectivity index (χ2n) is 24.8. The SMILES string of the molecule is CC/C=C\C/C=C\C/C=C\C/C=C\C/C=C\C/C=C\C/C=C\C/C=C\CCCCCCCCC(=O)OC(COC(=O)CCCCCCCCCCCCCCCCCCCCCCCCCCC/C=C\CCCCCCCCCC)COP(=O)(O)OCCN. The van der Waals surface area contributed by atoms with E-state index in [-0.39, 0.29) is 38.6 Å². The number of unbranched alkanes of at least 4 members (excludes halogenated alkanes) is 39. The molecule has 2 unspecified atom stereocenters. The smallest absolute Gasteiger partial charge is 0.462 e. The fourth-order valence-corrected chi connectivity index (χ4v) is 11.4. The number of esters is 2. The first kappa shape index (κ1) is 85.7. The number of ether oxygens (including phenoxy) is 2. The van der Waals surface area contributed by atoms with Gasteiger partial charge in [-0.15, -0.1) is 0 Å². The van der Waals surface area contributed by atoms with Gasteiger partial charge in [-0.1, -0.05) is 342 Å². The van der Waals surface area contributed by atoms with Gasteiger partial charge in [0.1, 0.15) is 6.61 Å². The van der Waals surface area contributed by atoms with E-state index in [1.165, 1.54) is 205 Å². The molecule has 0 aromatic heterocycles. The Balaban J connectivity index is 3.87. The molecular formula is C79H140NO8P. The Morgan fingerprint density at radius 2 is 0.618 bits per heavy atom. The predicted octanol–water partition coefficient (Wildman–Crippen LogP) is 24.9. The molecule has 9 nitrogen and oxygen atoms in total. The summed E-state index contributed by atoms with van der Waals surface area (Å²) in [5.74, 6) is -0.838. The van der Waals surface area contributed by atoms with Crippen molar-refractivity contribution in [2.45, 2.75) is 354 Å². The van der Waals surface area contributed by atoms with E-state index in [0.717, 1.165) is 109 Å². The van der Waals surface area contributed by atoms with Crippen molar-refractivity contribution < 1.29 is 37.6 Å². The third kappa shape index (κ3) is 73.6. The third-order valence-electron chi connectivity index (χ3n) is 16.1. The van der Waals surface area contributed by atoms with E-state index < -0.39 is 26.5 Å². The Labute approximate surface area is 549 Å². The molecule has 89 heavy (non-hydrogen) atoms. The van der Waals surface area contributed by atoms with Crippen LogP contribution < -0.4 is 5.73 Å². The van der Waals surface area contributed by atoms with Gasteiger partial charge in [-0.25, -0.2) is 4.57 Å². The Morgan fingerprint density at radius 1 is 0.348 bits per heavy atom. The van der Waals surface area contributed by atoms with Crippen LogP contribution in [0.2, 0.25) is 0 Å². The van der Waals surface area contributed by atoms with Crippen molar-refractivity contribution in [2.75, 3.05) is 26.4 Å². The van der Waals surface area contributed by atoms with Gasteiger partial charge in [-0.3, -0.25) is 18.6 Å². The minimum Gasteiger partial charge on any atom is -0.462 e. The highest BCUT2D eigenvalue weighted by Crippen LogP contribution is 2.43. The number of phosphoric ester groups is 1. The van der Waals surface area contributed by atoms with Gasteiger partial charge in [0.05, 0.1) is 13.2 Å². The number of allylic oxidation sites excluding steroid dienone is 18. The lowest BCUT2D eigenvalue weighted by Crippen LogP contribution is -2.29. The van der Waals surface area contributed by atoms with Crippen LogP contribution in [0.3, 0.4) is 0 Å². The monoisotopic (exact) mass is 1260 g/mol. The van der Waals surface area contributed by atoms with Crippen molar-refractivity contribution in [3.05, 3.63) is 109 Å². The van der Waals surface area contributed by atoms with Crippen LogP contribution in [-0.4, -0.2) is 49.3 Å². The molecule has 0 rings (SSSR count). The summed E-state index contributed by atoms with van der Waals surface area (Å²) in [6.07, 6.45) is 102. The maximum absolute atomic E-state index is 12.8. The van der Waals surface area contributed by atoms with Crippen LogP contribution in [0.1, 0.15) is 348 Å². The van der Waals surface area contributed by atoms with Crippen LogP contribution in [0.4, 0.5) is 0 Å². The van der Waals surface area contributed by atoms with Crippen LogP contribution in [-0.2, 0) is 32.7 Å². The summed E-state index contributed by atoms with van der Waals surface area (Å²) in [5, 5.41) is 0. The minimum atomic E-state index is -4.41. The number of carbonyl (C=O) groups excluding carboxylic acids is 2. The van der Waals surface area contributed by atoms with Crippen molar-refractivity contribution in [3.8, 4) is 0 Å². The zero-order chi connectivity index (χ0) is 64.4. The van der Waals surface area contributed by atoms with Gasteiger partial charge in [0.15, 0.2) is 6.10 Å². The lowest BCUT2D eigenvalue weighted by molar-refractivity contribution is -0.161. The van der Waals surface area contributed by atoms with Gasteiger partial charge < -0.3 is 20.1 Å². The molecule has 3 N–H and O–H groups in total. The average Bonchev–Trinajstić information content (AvgIpc) is 3.68. The van der Waals surface area contributed by atoms with Gasteiger partial charge in [-0.05, 0) is 103 Å². The molecule has 0 saturated carbocycles. The van der Waals surface area contributed by atoms with Gasteiger partial charge in [0.25, 0.3) is 0 Å². The molecule has 0 radical (unpaired) electrons. The van der Waals surface area contributed by atoms with Gasteiger partial charge >= 0.3 is 19.8 Å². The fourth-order valence-electron chi connectivity index (χ4n) is 10.7.